The Morgan fingerprint density at radius 2 is 2.29 bits per heavy atom. The number of amides is 2. The lowest BCUT2D eigenvalue weighted by molar-refractivity contribution is -0.142. The average Bonchev–Trinajstić information content (AvgIpc) is 2.63. The maximum absolute atomic E-state index is 11.7. The molecule has 1 aliphatic rings. The topological polar surface area (TPSA) is 95.5 Å². The molecule has 0 aromatic carbocycles. The third-order valence-corrected chi connectivity index (χ3v) is 2.48. The monoisotopic (exact) mass is 240 g/mol. The van der Waals surface area contributed by atoms with Crippen LogP contribution in [0.15, 0.2) is 12.2 Å². The minimum absolute atomic E-state index is 0.182. The third kappa shape index (κ3) is 3.90. The van der Waals surface area contributed by atoms with E-state index in [4.69, 9.17) is 5.11 Å². The molecule has 2 atom stereocenters. The molecule has 1 aliphatic heterocycles. The van der Waals surface area contributed by atoms with Crippen molar-refractivity contribution >= 4 is 17.8 Å². The Kier molecular flexibility index (Phi) is 4.25. The zero-order chi connectivity index (χ0) is 13.0. The molecule has 0 radical (unpaired) electrons. The van der Waals surface area contributed by atoms with E-state index in [-0.39, 0.29) is 12.3 Å². The number of nitrogens with one attached hydrogen (secondary N) is 2. The van der Waals surface area contributed by atoms with Gasteiger partial charge in [0.1, 0.15) is 12.1 Å². The smallest absolute Gasteiger partial charge is 0.326 e. The van der Waals surface area contributed by atoms with E-state index in [2.05, 4.69) is 17.2 Å². The van der Waals surface area contributed by atoms with E-state index in [0.29, 0.717) is 18.4 Å². The van der Waals surface area contributed by atoms with Crippen molar-refractivity contribution in [1.29, 1.82) is 0 Å². The summed E-state index contributed by atoms with van der Waals surface area (Å²) < 4.78 is 0. The van der Waals surface area contributed by atoms with Crippen molar-refractivity contribution in [3.8, 4) is 0 Å². The molecular formula is C11H16N2O4. The number of hydrogen-bond donors (Lipinski definition) is 3. The SMILES string of the molecule is C=C(C)C[C@@H](NC(=O)[C@@H]1CCC(=O)N1)C(=O)O. The fraction of sp³-hybridized carbons (Fsp3) is 0.545. The van der Waals surface area contributed by atoms with Crippen molar-refractivity contribution in [3.63, 3.8) is 0 Å². The van der Waals surface area contributed by atoms with Gasteiger partial charge in [-0.1, -0.05) is 5.57 Å². The molecule has 17 heavy (non-hydrogen) atoms. The van der Waals surface area contributed by atoms with Gasteiger partial charge in [0.25, 0.3) is 0 Å². The summed E-state index contributed by atoms with van der Waals surface area (Å²) in [4.78, 5) is 33.5. The van der Waals surface area contributed by atoms with Crippen molar-refractivity contribution < 1.29 is 19.5 Å². The van der Waals surface area contributed by atoms with Crippen LogP contribution in [0.5, 0.6) is 0 Å². The molecular weight excluding hydrogens is 224 g/mol. The fourth-order valence-electron chi connectivity index (χ4n) is 1.63. The first-order valence-electron chi connectivity index (χ1n) is 5.37. The van der Waals surface area contributed by atoms with Crippen LogP contribution in [0.2, 0.25) is 0 Å². The average molecular weight is 240 g/mol. The van der Waals surface area contributed by atoms with Crippen LogP contribution in [0.4, 0.5) is 0 Å². The summed E-state index contributed by atoms with van der Waals surface area (Å²) >= 11 is 0. The van der Waals surface area contributed by atoms with Gasteiger partial charge >= 0.3 is 5.97 Å². The van der Waals surface area contributed by atoms with Gasteiger partial charge in [0, 0.05) is 6.42 Å². The number of carboxylic acid groups (broad SMARTS) is 1. The van der Waals surface area contributed by atoms with Crippen LogP contribution in [-0.2, 0) is 14.4 Å². The van der Waals surface area contributed by atoms with Crippen LogP contribution in [0, 0.1) is 0 Å². The minimum Gasteiger partial charge on any atom is -0.480 e. The van der Waals surface area contributed by atoms with Gasteiger partial charge in [-0.2, -0.15) is 0 Å². The first kappa shape index (κ1) is 13.2. The molecule has 0 aromatic rings. The molecule has 1 fully saturated rings. The maximum Gasteiger partial charge on any atom is 0.326 e. The normalized spacial score (nSPS) is 20.5. The van der Waals surface area contributed by atoms with Crippen molar-refractivity contribution in [2.75, 3.05) is 0 Å². The predicted molar refractivity (Wildman–Crippen MR) is 60.2 cm³/mol. The van der Waals surface area contributed by atoms with Gasteiger partial charge in [-0.05, 0) is 19.8 Å². The lowest BCUT2D eigenvalue weighted by atomic mass is 10.1. The summed E-state index contributed by atoms with van der Waals surface area (Å²) in [5.41, 5.74) is 0.674. The van der Waals surface area contributed by atoms with Crippen LogP contribution in [0.25, 0.3) is 0 Å². The summed E-state index contributed by atoms with van der Waals surface area (Å²) in [6.45, 7) is 5.30. The van der Waals surface area contributed by atoms with Crippen molar-refractivity contribution in [2.24, 2.45) is 0 Å². The van der Waals surface area contributed by atoms with E-state index in [1.807, 2.05) is 0 Å². The van der Waals surface area contributed by atoms with Gasteiger partial charge in [0.2, 0.25) is 11.8 Å². The Labute approximate surface area is 99.1 Å². The predicted octanol–water partition coefficient (Wildman–Crippen LogP) is -0.199. The van der Waals surface area contributed by atoms with Gasteiger partial charge in [0.15, 0.2) is 0 Å². The van der Waals surface area contributed by atoms with E-state index < -0.39 is 24.0 Å². The van der Waals surface area contributed by atoms with Crippen molar-refractivity contribution in [1.82, 2.24) is 10.6 Å². The second-order valence-corrected chi connectivity index (χ2v) is 4.22. The van der Waals surface area contributed by atoms with E-state index in [1.165, 1.54) is 0 Å². The quantitative estimate of drug-likeness (QED) is 0.580. The third-order valence-electron chi connectivity index (χ3n) is 2.48. The van der Waals surface area contributed by atoms with Gasteiger partial charge < -0.3 is 15.7 Å². The number of rotatable bonds is 5. The molecule has 0 aliphatic carbocycles. The van der Waals surface area contributed by atoms with E-state index >= 15 is 0 Å². The second-order valence-electron chi connectivity index (χ2n) is 4.22. The number of carbonyl (C=O) groups is 3. The Hall–Kier alpha value is -1.85. The standard InChI is InChI=1S/C11H16N2O4/c1-6(2)5-8(11(16)17)13-10(15)7-3-4-9(14)12-7/h7-8H,1,3-5H2,2H3,(H,12,14)(H,13,15)(H,16,17)/t7-,8+/m0/s1. The molecule has 6 nitrogen and oxygen atoms in total. The van der Waals surface area contributed by atoms with Crippen molar-refractivity contribution in [2.45, 2.75) is 38.3 Å². The first-order valence-corrected chi connectivity index (χ1v) is 5.37. The van der Waals surface area contributed by atoms with Gasteiger partial charge in [-0.15, -0.1) is 6.58 Å². The molecule has 6 heteroatoms. The molecule has 0 saturated carbocycles. The highest BCUT2D eigenvalue weighted by atomic mass is 16.4. The van der Waals surface area contributed by atoms with Gasteiger partial charge in [-0.3, -0.25) is 9.59 Å². The summed E-state index contributed by atoms with van der Waals surface area (Å²) in [7, 11) is 0. The molecule has 0 bridgehead atoms. The number of hydrogen-bond acceptors (Lipinski definition) is 3. The van der Waals surface area contributed by atoms with E-state index in [9.17, 15) is 14.4 Å². The molecule has 1 rings (SSSR count). The number of aliphatic carboxylic acids is 1. The Bertz CT molecular complexity index is 364. The molecule has 1 heterocycles. The fourth-order valence-corrected chi connectivity index (χ4v) is 1.63. The number of carboxylic acids is 1. The zero-order valence-corrected chi connectivity index (χ0v) is 9.66. The highest BCUT2D eigenvalue weighted by Gasteiger charge is 2.30. The molecule has 3 N–H and O–H groups in total. The lowest BCUT2D eigenvalue weighted by Gasteiger charge is -2.17. The summed E-state index contributed by atoms with van der Waals surface area (Å²) in [5, 5.41) is 13.8. The zero-order valence-electron chi connectivity index (χ0n) is 9.66. The molecule has 0 aromatic heterocycles. The van der Waals surface area contributed by atoms with Gasteiger partial charge in [0.05, 0.1) is 0 Å². The Morgan fingerprint density at radius 3 is 2.71 bits per heavy atom. The second kappa shape index (κ2) is 5.47. The van der Waals surface area contributed by atoms with E-state index in [0.717, 1.165) is 0 Å². The molecule has 1 saturated heterocycles. The summed E-state index contributed by atoms with van der Waals surface area (Å²) in [6, 6.07) is -1.60. The number of carbonyl (C=O) groups excluding carboxylic acids is 2. The van der Waals surface area contributed by atoms with Crippen LogP contribution in [-0.4, -0.2) is 35.0 Å². The summed E-state index contributed by atoms with van der Waals surface area (Å²) in [6.07, 6.45) is 0.891. The first-order chi connectivity index (χ1) is 7.90. The molecule has 0 spiro atoms. The molecule has 94 valence electrons. The Balaban J connectivity index is 2.55. The Morgan fingerprint density at radius 1 is 1.65 bits per heavy atom. The van der Waals surface area contributed by atoms with Crippen molar-refractivity contribution in [3.05, 3.63) is 12.2 Å². The largest absolute Gasteiger partial charge is 0.480 e. The highest BCUT2D eigenvalue weighted by Crippen LogP contribution is 2.08. The molecule has 0 unspecified atom stereocenters. The highest BCUT2D eigenvalue weighted by molar-refractivity contribution is 5.92. The van der Waals surface area contributed by atoms with Crippen LogP contribution >= 0.6 is 0 Å². The van der Waals surface area contributed by atoms with Crippen LogP contribution in [0.3, 0.4) is 0 Å². The maximum atomic E-state index is 11.7. The van der Waals surface area contributed by atoms with Crippen LogP contribution < -0.4 is 10.6 Å². The summed E-state index contributed by atoms with van der Waals surface area (Å²) in [5.74, 6) is -1.74. The van der Waals surface area contributed by atoms with Crippen LogP contribution in [0.1, 0.15) is 26.2 Å². The van der Waals surface area contributed by atoms with E-state index in [1.54, 1.807) is 6.92 Å². The lowest BCUT2D eigenvalue weighted by Crippen LogP contribution is -2.48. The van der Waals surface area contributed by atoms with Gasteiger partial charge in [-0.25, -0.2) is 4.79 Å². The molecule has 2 amide bonds. The minimum atomic E-state index is -1.11.